The molecule has 32 heavy (non-hydrogen) atoms. The number of hydrogen-bond donors (Lipinski definition) is 2. The van der Waals surface area contributed by atoms with E-state index < -0.39 is 53.2 Å². The van der Waals surface area contributed by atoms with Gasteiger partial charge in [0.15, 0.2) is 0 Å². The summed E-state index contributed by atoms with van der Waals surface area (Å²) in [5.41, 5.74) is 6.10. The number of hydrogen-bond acceptors (Lipinski definition) is 6. The quantitative estimate of drug-likeness (QED) is 0.659. The highest BCUT2D eigenvalue weighted by Gasteiger charge is 2.64. The van der Waals surface area contributed by atoms with E-state index in [0.29, 0.717) is 5.56 Å². The fraction of sp³-hybridized carbons (Fsp3) is 0.524. The molecule has 2 saturated heterocycles. The molecule has 1 unspecified atom stereocenters. The Bertz CT molecular complexity index is 1060. The van der Waals surface area contributed by atoms with Gasteiger partial charge in [-0.1, -0.05) is 12.1 Å². The third kappa shape index (κ3) is 3.06. The van der Waals surface area contributed by atoms with Crippen LogP contribution < -0.4 is 11.1 Å². The summed E-state index contributed by atoms with van der Waals surface area (Å²) in [5, 5.41) is 2.15. The first-order valence-electron chi connectivity index (χ1n) is 10.4. The lowest BCUT2D eigenvalue weighted by molar-refractivity contribution is -0.224. The average Bonchev–Trinajstić information content (AvgIpc) is 3.08. The first kappa shape index (κ1) is 21.1. The van der Waals surface area contributed by atoms with Gasteiger partial charge in [-0.05, 0) is 24.5 Å². The van der Waals surface area contributed by atoms with Crippen molar-refractivity contribution >= 4 is 23.6 Å². The number of nitrogens with zero attached hydrogens (tertiary/aromatic N) is 2. The number of alkyl halides is 3. The zero-order valence-electron chi connectivity index (χ0n) is 16.9. The van der Waals surface area contributed by atoms with Crippen molar-refractivity contribution in [2.45, 2.75) is 43.6 Å². The predicted molar refractivity (Wildman–Crippen MR) is 103 cm³/mol. The Morgan fingerprint density at radius 1 is 1.16 bits per heavy atom. The first-order chi connectivity index (χ1) is 15.0. The molecular weight excluding hydrogens is 429 g/mol. The second-order valence-corrected chi connectivity index (χ2v) is 9.15. The molecular formula is C21H21F3N4O4. The van der Waals surface area contributed by atoms with Crippen molar-refractivity contribution in [1.82, 2.24) is 15.1 Å². The molecule has 5 rings (SSSR count). The topological polar surface area (TPSA) is 113 Å². The lowest BCUT2D eigenvalue weighted by Crippen LogP contribution is -2.63. The fourth-order valence-corrected chi connectivity index (χ4v) is 5.62. The van der Waals surface area contributed by atoms with Crippen molar-refractivity contribution in [3.05, 3.63) is 34.9 Å². The zero-order chi connectivity index (χ0) is 23.0. The van der Waals surface area contributed by atoms with E-state index in [1.54, 1.807) is 17.0 Å². The number of fused-ring (bicyclic) bond motifs is 2. The molecule has 170 valence electrons. The molecule has 3 fully saturated rings. The molecule has 1 aliphatic carbocycles. The Labute approximate surface area is 180 Å². The van der Waals surface area contributed by atoms with Crippen LogP contribution in [0.4, 0.5) is 13.2 Å². The number of carbonyl (C=O) groups excluding carboxylic acids is 4. The summed E-state index contributed by atoms with van der Waals surface area (Å²) in [4.78, 5) is 52.4. The Kier molecular flexibility index (Phi) is 4.51. The number of rotatable bonds is 3. The molecule has 4 amide bonds. The minimum atomic E-state index is -4.29. The monoisotopic (exact) mass is 450 g/mol. The van der Waals surface area contributed by atoms with Gasteiger partial charge in [0.25, 0.3) is 11.8 Å². The maximum atomic E-state index is 13.2. The zero-order valence-corrected chi connectivity index (χ0v) is 16.9. The molecule has 3 aliphatic heterocycles. The molecule has 3 heterocycles. The van der Waals surface area contributed by atoms with Gasteiger partial charge in [0.05, 0.1) is 17.0 Å². The summed E-state index contributed by atoms with van der Waals surface area (Å²) in [6.07, 6.45) is -4.34. The highest BCUT2D eigenvalue weighted by molar-refractivity contribution is 6.24. The number of amides is 4. The third-order valence-corrected chi connectivity index (χ3v) is 7.17. The second-order valence-electron chi connectivity index (χ2n) is 9.15. The van der Waals surface area contributed by atoms with Gasteiger partial charge in [0.1, 0.15) is 6.04 Å². The van der Waals surface area contributed by atoms with Gasteiger partial charge in [0, 0.05) is 37.5 Å². The Hall–Kier alpha value is -2.79. The molecule has 0 bridgehead atoms. The fourth-order valence-electron chi connectivity index (χ4n) is 5.62. The summed E-state index contributed by atoms with van der Waals surface area (Å²) < 4.78 is 39.6. The number of carbonyl (C=O) groups is 4. The van der Waals surface area contributed by atoms with Crippen LogP contribution >= 0.6 is 0 Å². The van der Waals surface area contributed by atoms with E-state index in [1.807, 2.05) is 0 Å². The van der Waals surface area contributed by atoms with Gasteiger partial charge in [-0.2, -0.15) is 13.2 Å². The number of nitrogens with two attached hydrogens (primary N) is 1. The summed E-state index contributed by atoms with van der Waals surface area (Å²) in [6, 6.07) is 3.68. The Morgan fingerprint density at radius 3 is 2.59 bits per heavy atom. The number of likely N-dealkylation sites (tertiary alicyclic amines) is 1. The number of halogens is 3. The van der Waals surface area contributed by atoms with Gasteiger partial charge in [-0.25, -0.2) is 0 Å². The maximum Gasteiger partial charge on any atom is 0.392 e. The average molecular weight is 450 g/mol. The number of piperidine rings is 1. The number of imide groups is 2. The lowest BCUT2D eigenvalue weighted by atomic mass is 9.61. The van der Waals surface area contributed by atoms with Gasteiger partial charge in [-0.3, -0.25) is 34.3 Å². The molecule has 0 radical (unpaired) electrons. The van der Waals surface area contributed by atoms with Gasteiger partial charge >= 0.3 is 6.18 Å². The summed E-state index contributed by atoms with van der Waals surface area (Å²) in [7, 11) is 0. The van der Waals surface area contributed by atoms with E-state index in [-0.39, 0.29) is 50.0 Å². The Morgan fingerprint density at radius 2 is 1.91 bits per heavy atom. The standard InChI is InChI=1S/C21H21F3N4O4/c22-21(23,24)12-6-20(25)9-27(8-13(12)20)7-10-2-1-3-11-16(10)19(32)28(18(11)31)14-4-5-15(29)26-17(14)30/h1-3,12-14H,4-9,25H2,(H,26,29,30)/t12-,13+,14?,20-/m0/s1. The molecule has 11 heteroatoms. The van der Waals surface area contributed by atoms with Gasteiger partial charge in [0.2, 0.25) is 11.8 Å². The third-order valence-electron chi connectivity index (χ3n) is 7.17. The molecule has 4 aliphatic rings. The van der Waals surface area contributed by atoms with Crippen molar-refractivity contribution < 1.29 is 32.3 Å². The molecule has 0 spiro atoms. The molecule has 8 nitrogen and oxygen atoms in total. The molecule has 0 aromatic heterocycles. The highest BCUT2D eigenvalue weighted by Crippen LogP contribution is 2.54. The lowest BCUT2D eigenvalue weighted by Gasteiger charge is -2.48. The van der Waals surface area contributed by atoms with Crippen LogP contribution in [0.2, 0.25) is 0 Å². The van der Waals surface area contributed by atoms with Crippen LogP contribution in [0.3, 0.4) is 0 Å². The first-order valence-corrected chi connectivity index (χ1v) is 10.4. The molecule has 1 aromatic rings. The van der Waals surface area contributed by atoms with E-state index in [2.05, 4.69) is 5.32 Å². The van der Waals surface area contributed by atoms with Crippen LogP contribution in [0.5, 0.6) is 0 Å². The van der Waals surface area contributed by atoms with E-state index in [0.717, 1.165) is 4.90 Å². The van der Waals surface area contributed by atoms with Crippen LogP contribution in [0.15, 0.2) is 18.2 Å². The van der Waals surface area contributed by atoms with Crippen LogP contribution in [0.25, 0.3) is 0 Å². The normalized spacial score (nSPS) is 32.6. The summed E-state index contributed by atoms with van der Waals surface area (Å²) >= 11 is 0. The predicted octanol–water partition coefficient (Wildman–Crippen LogP) is 0.799. The van der Waals surface area contributed by atoms with E-state index >= 15 is 0 Å². The van der Waals surface area contributed by atoms with Crippen LogP contribution in [0.1, 0.15) is 45.5 Å². The number of benzene rings is 1. The largest absolute Gasteiger partial charge is 0.392 e. The highest BCUT2D eigenvalue weighted by atomic mass is 19.4. The minimum absolute atomic E-state index is 0.0186. The Balaban J connectivity index is 1.38. The maximum absolute atomic E-state index is 13.2. The van der Waals surface area contributed by atoms with E-state index in [9.17, 15) is 32.3 Å². The number of nitrogens with one attached hydrogen (secondary N) is 1. The summed E-state index contributed by atoms with van der Waals surface area (Å²) in [5.74, 6) is -4.53. The van der Waals surface area contributed by atoms with Crippen LogP contribution in [-0.4, -0.2) is 64.3 Å². The van der Waals surface area contributed by atoms with Crippen LogP contribution in [-0.2, 0) is 16.1 Å². The van der Waals surface area contributed by atoms with Crippen molar-refractivity contribution in [2.75, 3.05) is 13.1 Å². The van der Waals surface area contributed by atoms with Crippen molar-refractivity contribution in [3.8, 4) is 0 Å². The molecule has 3 N–H and O–H groups in total. The van der Waals surface area contributed by atoms with Crippen molar-refractivity contribution in [1.29, 1.82) is 0 Å². The van der Waals surface area contributed by atoms with Crippen molar-refractivity contribution in [2.24, 2.45) is 17.6 Å². The minimum Gasteiger partial charge on any atom is -0.324 e. The van der Waals surface area contributed by atoms with E-state index in [1.165, 1.54) is 6.07 Å². The molecule has 1 aromatic carbocycles. The van der Waals surface area contributed by atoms with Gasteiger partial charge < -0.3 is 5.73 Å². The second kappa shape index (κ2) is 6.85. The van der Waals surface area contributed by atoms with Gasteiger partial charge in [-0.15, -0.1) is 0 Å². The smallest absolute Gasteiger partial charge is 0.324 e. The summed E-state index contributed by atoms with van der Waals surface area (Å²) in [6.45, 7) is 0.599. The molecule has 4 atom stereocenters. The van der Waals surface area contributed by atoms with Crippen LogP contribution in [0, 0.1) is 11.8 Å². The molecule has 1 saturated carbocycles. The van der Waals surface area contributed by atoms with E-state index in [4.69, 9.17) is 5.73 Å². The van der Waals surface area contributed by atoms with Crippen molar-refractivity contribution in [3.63, 3.8) is 0 Å². The SMILES string of the molecule is N[C@]12C[C@H](C(F)(F)F)[C@H]1CN(Cc1cccc3c1C(=O)N(C1CCC(=O)NC1=O)C3=O)C2.